The van der Waals surface area contributed by atoms with Crippen LogP contribution < -0.4 is 33.2 Å². The number of nitrogens with zero attached hydrogens (tertiary/aromatic N) is 1. The van der Waals surface area contributed by atoms with Gasteiger partial charge in [0.05, 0.1) is 12.4 Å². The Balaban J connectivity index is 2.77. The highest BCUT2D eigenvalue weighted by Gasteiger charge is 2.28. The predicted molar refractivity (Wildman–Crippen MR) is 125 cm³/mol. The lowest BCUT2D eigenvalue weighted by atomic mass is 10.1. The van der Waals surface area contributed by atoms with E-state index in [2.05, 4.69) is 25.9 Å². The van der Waals surface area contributed by atoms with Crippen LogP contribution in [0.25, 0.3) is 0 Å². The van der Waals surface area contributed by atoms with Crippen molar-refractivity contribution in [1.82, 2.24) is 25.9 Å². The van der Waals surface area contributed by atoms with Crippen LogP contribution in [0.4, 0.5) is 0 Å². The number of H-pyrrole nitrogens is 1. The van der Waals surface area contributed by atoms with E-state index >= 15 is 0 Å². The first kappa shape index (κ1) is 29.0. The van der Waals surface area contributed by atoms with Gasteiger partial charge in [-0.25, -0.2) is 9.78 Å². The highest BCUT2D eigenvalue weighted by Crippen LogP contribution is 2.04. The third-order valence-electron chi connectivity index (χ3n) is 5.23. The minimum atomic E-state index is -1.17. The molecule has 1 heterocycles. The van der Waals surface area contributed by atoms with Crippen molar-refractivity contribution < 1.29 is 24.3 Å². The van der Waals surface area contributed by atoms with E-state index in [4.69, 9.17) is 17.2 Å². The van der Waals surface area contributed by atoms with E-state index in [1.54, 1.807) is 0 Å². The van der Waals surface area contributed by atoms with Gasteiger partial charge in [0.25, 0.3) is 0 Å². The summed E-state index contributed by atoms with van der Waals surface area (Å²) in [6.07, 6.45) is 6.28. The van der Waals surface area contributed by atoms with Crippen molar-refractivity contribution in [3.05, 3.63) is 18.2 Å². The largest absolute Gasteiger partial charge is 0.480 e. The van der Waals surface area contributed by atoms with Gasteiger partial charge in [0.1, 0.15) is 18.1 Å². The van der Waals surface area contributed by atoms with Crippen molar-refractivity contribution in [2.24, 2.45) is 17.2 Å². The van der Waals surface area contributed by atoms with Gasteiger partial charge in [-0.2, -0.15) is 0 Å². The molecule has 0 aliphatic rings. The number of carbonyl (C=O) groups is 4. The zero-order valence-electron chi connectivity index (χ0n) is 19.6. The van der Waals surface area contributed by atoms with Gasteiger partial charge in [0.15, 0.2) is 0 Å². The Morgan fingerprint density at radius 1 is 0.941 bits per heavy atom. The SMILES string of the molecule is CC(NC(=O)C(Cc1cnc[nH]1)NC(=O)C(N)CCCCN)C(=O)NC(CCCCN)C(=O)O. The fourth-order valence-corrected chi connectivity index (χ4v) is 3.17. The summed E-state index contributed by atoms with van der Waals surface area (Å²) >= 11 is 0. The number of hydrogen-bond donors (Lipinski definition) is 8. The molecule has 0 aliphatic heterocycles. The van der Waals surface area contributed by atoms with E-state index in [1.165, 1.54) is 19.4 Å². The molecular weight excluding hydrogens is 444 g/mol. The Morgan fingerprint density at radius 2 is 1.56 bits per heavy atom. The van der Waals surface area contributed by atoms with E-state index < -0.39 is 47.9 Å². The van der Waals surface area contributed by atoms with Crippen molar-refractivity contribution >= 4 is 23.7 Å². The van der Waals surface area contributed by atoms with Crippen LogP contribution in [0.15, 0.2) is 12.5 Å². The molecule has 192 valence electrons. The van der Waals surface area contributed by atoms with Gasteiger partial charge < -0.3 is 43.2 Å². The predicted octanol–water partition coefficient (Wildman–Crippen LogP) is -1.90. The molecule has 0 aromatic carbocycles. The van der Waals surface area contributed by atoms with E-state index in [0.29, 0.717) is 44.5 Å². The monoisotopic (exact) mass is 482 g/mol. The number of carboxylic acids is 1. The number of aromatic amines is 1. The molecule has 3 amide bonds. The molecule has 0 aliphatic carbocycles. The number of carboxylic acid groups (broad SMARTS) is 1. The summed E-state index contributed by atoms with van der Waals surface area (Å²) in [6, 6.07) is -3.97. The number of unbranched alkanes of at least 4 members (excludes halogenated alkanes) is 2. The van der Waals surface area contributed by atoms with Crippen LogP contribution in [0.1, 0.15) is 51.1 Å². The molecule has 11 N–H and O–H groups in total. The van der Waals surface area contributed by atoms with Gasteiger partial charge in [-0.3, -0.25) is 14.4 Å². The van der Waals surface area contributed by atoms with Crippen LogP contribution in [0.3, 0.4) is 0 Å². The molecule has 0 spiro atoms. The Labute approximate surface area is 199 Å². The maximum Gasteiger partial charge on any atom is 0.326 e. The number of hydrogen-bond acceptors (Lipinski definition) is 8. The second-order valence-corrected chi connectivity index (χ2v) is 8.15. The Kier molecular flexibility index (Phi) is 13.4. The smallest absolute Gasteiger partial charge is 0.326 e. The fourth-order valence-electron chi connectivity index (χ4n) is 3.17. The van der Waals surface area contributed by atoms with E-state index in [1.807, 2.05) is 0 Å². The maximum absolute atomic E-state index is 12.9. The standard InChI is InChI=1S/C21H38N8O5/c1-13(18(30)28-16(21(33)34)7-3-5-9-23)27-20(32)17(10-14-11-25-12-26-14)29-19(31)15(24)6-2-4-8-22/h11-13,15-17H,2-10,22-24H2,1H3,(H,25,26)(H,27,32)(H,28,30)(H,29,31)(H,33,34). The van der Waals surface area contributed by atoms with Crippen LogP contribution in [0.2, 0.25) is 0 Å². The lowest BCUT2D eigenvalue weighted by Gasteiger charge is -2.23. The van der Waals surface area contributed by atoms with Crippen LogP contribution >= 0.6 is 0 Å². The molecule has 34 heavy (non-hydrogen) atoms. The Bertz CT molecular complexity index is 773. The van der Waals surface area contributed by atoms with E-state index in [0.717, 1.165) is 6.42 Å². The van der Waals surface area contributed by atoms with E-state index in [-0.39, 0.29) is 12.8 Å². The molecular formula is C21H38N8O5. The van der Waals surface area contributed by atoms with Crippen LogP contribution in [-0.2, 0) is 25.6 Å². The molecule has 0 saturated carbocycles. The zero-order valence-corrected chi connectivity index (χ0v) is 19.6. The zero-order chi connectivity index (χ0) is 25.5. The third-order valence-corrected chi connectivity index (χ3v) is 5.23. The molecule has 0 bridgehead atoms. The summed E-state index contributed by atoms with van der Waals surface area (Å²) in [7, 11) is 0. The summed E-state index contributed by atoms with van der Waals surface area (Å²) in [5.74, 6) is -2.94. The second-order valence-electron chi connectivity index (χ2n) is 8.15. The number of nitrogens with two attached hydrogens (primary N) is 3. The Morgan fingerprint density at radius 3 is 2.12 bits per heavy atom. The number of aromatic nitrogens is 2. The summed E-state index contributed by atoms with van der Waals surface area (Å²) in [5, 5.41) is 16.9. The van der Waals surface area contributed by atoms with Gasteiger partial charge in [0, 0.05) is 18.3 Å². The van der Waals surface area contributed by atoms with Crippen LogP contribution in [0, 0.1) is 0 Å². The highest BCUT2D eigenvalue weighted by atomic mass is 16.4. The summed E-state index contributed by atoms with van der Waals surface area (Å²) in [4.78, 5) is 56.1. The number of nitrogens with one attached hydrogen (secondary N) is 4. The molecule has 0 saturated heterocycles. The molecule has 0 fully saturated rings. The number of rotatable bonds is 17. The first-order chi connectivity index (χ1) is 16.2. The second kappa shape index (κ2) is 15.7. The molecule has 1 aromatic heterocycles. The third kappa shape index (κ3) is 10.7. The summed E-state index contributed by atoms with van der Waals surface area (Å²) < 4.78 is 0. The lowest BCUT2D eigenvalue weighted by molar-refractivity contribution is -0.142. The summed E-state index contributed by atoms with van der Waals surface area (Å²) in [6.45, 7) is 2.35. The molecule has 1 aromatic rings. The van der Waals surface area contributed by atoms with Gasteiger partial charge in [0.2, 0.25) is 17.7 Å². The van der Waals surface area contributed by atoms with Crippen molar-refractivity contribution in [2.45, 2.75) is 76.0 Å². The molecule has 13 heteroatoms. The number of imidazole rings is 1. The average molecular weight is 483 g/mol. The number of carbonyl (C=O) groups excluding carboxylic acids is 3. The minimum Gasteiger partial charge on any atom is -0.480 e. The van der Waals surface area contributed by atoms with Gasteiger partial charge in [-0.1, -0.05) is 6.42 Å². The van der Waals surface area contributed by atoms with Crippen LogP contribution in [0.5, 0.6) is 0 Å². The highest BCUT2D eigenvalue weighted by molar-refractivity contribution is 5.94. The molecule has 4 atom stereocenters. The Hall–Kier alpha value is -3.03. The number of aliphatic carboxylic acids is 1. The fraction of sp³-hybridized carbons (Fsp3) is 0.667. The first-order valence-corrected chi connectivity index (χ1v) is 11.5. The van der Waals surface area contributed by atoms with Crippen molar-refractivity contribution in [1.29, 1.82) is 0 Å². The quantitative estimate of drug-likeness (QED) is 0.116. The van der Waals surface area contributed by atoms with Gasteiger partial charge >= 0.3 is 5.97 Å². The maximum atomic E-state index is 12.9. The van der Waals surface area contributed by atoms with Gasteiger partial charge in [-0.05, 0) is 52.1 Å². The first-order valence-electron chi connectivity index (χ1n) is 11.5. The topological polar surface area (TPSA) is 231 Å². The van der Waals surface area contributed by atoms with Gasteiger partial charge in [-0.15, -0.1) is 0 Å². The van der Waals surface area contributed by atoms with E-state index in [9.17, 15) is 24.3 Å². The minimum absolute atomic E-state index is 0.0955. The molecule has 0 radical (unpaired) electrons. The lowest BCUT2D eigenvalue weighted by Crippen LogP contribution is -2.56. The normalized spacial score (nSPS) is 14.5. The van der Waals surface area contributed by atoms with Crippen molar-refractivity contribution in [3.8, 4) is 0 Å². The summed E-state index contributed by atoms with van der Waals surface area (Å²) in [5.41, 5.74) is 17.4. The van der Waals surface area contributed by atoms with Crippen molar-refractivity contribution in [3.63, 3.8) is 0 Å². The average Bonchev–Trinajstić information content (AvgIpc) is 3.30. The number of amides is 3. The molecule has 4 unspecified atom stereocenters. The molecule has 1 rings (SSSR count). The molecule has 13 nitrogen and oxygen atoms in total. The van der Waals surface area contributed by atoms with Crippen molar-refractivity contribution in [2.75, 3.05) is 13.1 Å². The van der Waals surface area contributed by atoms with Crippen LogP contribution in [-0.4, -0.2) is 76.0 Å².